The first-order chi connectivity index (χ1) is 16.0. The summed E-state index contributed by atoms with van der Waals surface area (Å²) in [6.45, 7) is 3.68. The summed E-state index contributed by atoms with van der Waals surface area (Å²) in [4.78, 5) is 6.94. The summed E-state index contributed by atoms with van der Waals surface area (Å²) in [5.41, 5.74) is 3.85. The summed E-state index contributed by atoms with van der Waals surface area (Å²) >= 11 is 14.5. The van der Waals surface area contributed by atoms with Crippen LogP contribution in [0.2, 0.25) is 10.0 Å². The van der Waals surface area contributed by atoms with Crippen molar-refractivity contribution in [2.24, 2.45) is 4.99 Å². The molecule has 1 aliphatic rings. The lowest BCUT2D eigenvalue weighted by Crippen LogP contribution is -2.36. The molecule has 0 unspecified atom stereocenters. The number of methoxy groups -OCH3 is 1. The zero-order valence-electron chi connectivity index (χ0n) is 18.1. The van der Waals surface area contributed by atoms with Gasteiger partial charge in [-0.1, -0.05) is 29.3 Å². The van der Waals surface area contributed by atoms with Crippen LogP contribution in [0.5, 0.6) is 11.5 Å². The van der Waals surface area contributed by atoms with Gasteiger partial charge in [-0.25, -0.2) is 0 Å². The molecule has 4 rings (SSSR count). The third-order valence-corrected chi connectivity index (χ3v) is 6.62. The zero-order valence-corrected chi connectivity index (χ0v) is 21.7. The summed E-state index contributed by atoms with van der Waals surface area (Å²) in [5.74, 6) is 1.30. The number of ether oxygens (including phenoxy) is 3. The Morgan fingerprint density at radius 1 is 1.06 bits per heavy atom. The van der Waals surface area contributed by atoms with E-state index in [1.807, 2.05) is 36.5 Å². The summed E-state index contributed by atoms with van der Waals surface area (Å²) in [7, 11) is 1.62. The van der Waals surface area contributed by atoms with Gasteiger partial charge in [-0.2, -0.15) is 0 Å². The number of aliphatic imine (C=N–C) groups is 1. The quantitative estimate of drug-likeness (QED) is 0.223. The van der Waals surface area contributed by atoms with Crippen LogP contribution in [0, 0.1) is 3.57 Å². The van der Waals surface area contributed by atoms with Crippen LogP contribution in [0.15, 0.2) is 59.6 Å². The van der Waals surface area contributed by atoms with E-state index in [2.05, 4.69) is 44.6 Å². The van der Waals surface area contributed by atoms with Gasteiger partial charge in [0, 0.05) is 40.6 Å². The molecule has 8 heteroatoms. The van der Waals surface area contributed by atoms with Crippen LogP contribution >= 0.6 is 45.8 Å². The highest BCUT2D eigenvalue weighted by atomic mass is 127. The number of nitrogens with zero attached hydrogens (tertiary/aromatic N) is 2. The van der Waals surface area contributed by atoms with E-state index in [0.717, 1.165) is 46.7 Å². The molecule has 0 aromatic heterocycles. The predicted octanol–water partition coefficient (Wildman–Crippen LogP) is 6.77. The SMILES string of the molecule is COc1cc(C=Nc2ccc(N3CCOCC3)cc2)cc(I)c1OCc1ccc(Cl)cc1Cl. The van der Waals surface area contributed by atoms with E-state index in [1.165, 1.54) is 5.69 Å². The minimum absolute atomic E-state index is 0.311. The maximum absolute atomic E-state index is 6.26. The fraction of sp³-hybridized carbons (Fsp3) is 0.240. The third-order valence-electron chi connectivity index (χ3n) is 5.23. The molecular formula is C25H23Cl2IN2O3. The van der Waals surface area contributed by atoms with Gasteiger partial charge in [0.2, 0.25) is 0 Å². The van der Waals surface area contributed by atoms with Crippen LogP contribution in [0.25, 0.3) is 0 Å². The summed E-state index contributed by atoms with van der Waals surface area (Å²) in [5, 5.41) is 1.16. The Kier molecular flexibility index (Phi) is 8.35. The molecule has 5 nitrogen and oxygen atoms in total. The van der Waals surface area contributed by atoms with Crippen molar-refractivity contribution in [3.63, 3.8) is 0 Å². The van der Waals surface area contributed by atoms with Crippen molar-refractivity contribution < 1.29 is 14.2 Å². The molecule has 0 N–H and O–H groups in total. The number of hydrogen-bond acceptors (Lipinski definition) is 5. The molecule has 0 spiro atoms. The number of benzene rings is 3. The molecule has 1 aliphatic heterocycles. The molecule has 0 amide bonds. The van der Waals surface area contributed by atoms with Crippen LogP contribution < -0.4 is 14.4 Å². The highest BCUT2D eigenvalue weighted by molar-refractivity contribution is 14.1. The molecule has 0 aliphatic carbocycles. The molecule has 0 bridgehead atoms. The van der Waals surface area contributed by atoms with Gasteiger partial charge in [-0.3, -0.25) is 4.99 Å². The highest BCUT2D eigenvalue weighted by Gasteiger charge is 2.13. The first-order valence-corrected chi connectivity index (χ1v) is 12.3. The van der Waals surface area contributed by atoms with Crippen molar-refractivity contribution in [1.82, 2.24) is 0 Å². The average molecular weight is 597 g/mol. The average Bonchev–Trinajstić information content (AvgIpc) is 2.83. The van der Waals surface area contributed by atoms with Crippen molar-refractivity contribution in [2.45, 2.75) is 6.61 Å². The number of anilines is 1. The van der Waals surface area contributed by atoms with E-state index in [9.17, 15) is 0 Å². The zero-order chi connectivity index (χ0) is 23.2. The Morgan fingerprint density at radius 2 is 1.82 bits per heavy atom. The maximum atomic E-state index is 6.26. The van der Waals surface area contributed by atoms with Gasteiger partial charge >= 0.3 is 0 Å². The second-order valence-electron chi connectivity index (χ2n) is 7.43. The molecule has 1 heterocycles. The normalized spacial score (nSPS) is 14.0. The minimum atomic E-state index is 0.311. The molecule has 1 saturated heterocycles. The Balaban J connectivity index is 1.46. The summed E-state index contributed by atoms with van der Waals surface area (Å²) < 4.78 is 18.0. The second kappa shape index (κ2) is 11.4. The van der Waals surface area contributed by atoms with Gasteiger partial charge in [0.15, 0.2) is 11.5 Å². The van der Waals surface area contributed by atoms with Crippen LogP contribution in [-0.4, -0.2) is 39.6 Å². The monoisotopic (exact) mass is 596 g/mol. The molecule has 1 fully saturated rings. The van der Waals surface area contributed by atoms with Crippen molar-refractivity contribution in [3.8, 4) is 11.5 Å². The standard InChI is InChI=1S/C25H23Cl2IN2O3/c1-31-24-13-17(12-23(28)25(24)33-16-18-2-3-19(26)14-22(18)27)15-29-20-4-6-21(7-5-20)30-8-10-32-11-9-30/h2-7,12-15H,8-11,16H2,1H3. The van der Waals surface area contributed by atoms with Gasteiger partial charge in [0.05, 0.1) is 29.6 Å². The van der Waals surface area contributed by atoms with E-state index in [-0.39, 0.29) is 0 Å². The van der Waals surface area contributed by atoms with Crippen molar-refractivity contribution in [1.29, 1.82) is 0 Å². The molecule has 33 heavy (non-hydrogen) atoms. The molecule has 0 atom stereocenters. The first kappa shape index (κ1) is 24.1. The number of morpholine rings is 1. The van der Waals surface area contributed by atoms with Crippen LogP contribution in [0.3, 0.4) is 0 Å². The molecular weight excluding hydrogens is 574 g/mol. The predicted molar refractivity (Wildman–Crippen MR) is 143 cm³/mol. The van der Waals surface area contributed by atoms with Crippen LogP contribution in [0.4, 0.5) is 11.4 Å². The Hall–Kier alpha value is -2.00. The van der Waals surface area contributed by atoms with E-state index < -0.39 is 0 Å². The van der Waals surface area contributed by atoms with Gasteiger partial charge < -0.3 is 19.1 Å². The summed E-state index contributed by atoms with van der Waals surface area (Å²) in [6, 6.07) is 17.5. The maximum Gasteiger partial charge on any atom is 0.174 e. The lowest BCUT2D eigenvalue weighted by Gasteiger charge is -2.28. The molecule has 0 saturated carbocycles. The van der Waals surface area contributed by atoms with Gasteiger partial charge in [0.25, 0.3) is 0 Å². The van der Waals surface area contributed by atoms with E-state index in [0.29, 0.717) is 28.2 Å². The van der Waals surface area contributed by atoms with Crippen molar-refractivity contribution in [3.05, 3.63) is 79.3 Å². The fourth-order valence-corrected chi connectivity index (χ4v) is 4.71. The molecule has 172 valence electrons. The lowest BCUT2D eigenvalue weighted by atomic mass is 10.2. The molecule has 3 aromatic carbocycles. The van der Waals surface area contributed by atoms with Crippen molar-refractivity contribution >= 4 is 63.4 Å². The fourth-order valence-electron chi connectivity index (χ4n) is 3.46. The van der Waals surface area contributed by atoms with E-state index in [1.54, 1.807) is 19.2 Å². The topological polar surface area (TPSA) is 43.3 Å². The van der Waals surface area contributed by atoms with E-state index in [4.69, 9.17) is 37.4 Å². The molecule has 3 aromatic rings. The number of halogens is 3. The van der Waals surface area contributed by atoms with Crippen LogP contribution in [0.1, 0.15) is 11.1 Å². The first-order valence-electron chi connectivity index (χ1n) is 10.4. The lowest BCUT2D eigenvalue weighted by molar-refractivity contribution is 0.122. The number of rotatable bonds is 7. The summed E-state index contributed by atoms with van der Waals surface area (Å²) in [6.07, 6.45) is 1.83. The van der Waals surface area contributed by atoms with E-state index >= 15 is 0 Å². The number of hydrogen-bond donors (Lipinski definition) is 0. The smallest absolute Gasteiger partial charge is 0.174 e. The van der Waals surface area contributed by atoms with Gasteiger partial charge in [-0.15, -0.1) is 0 Å². The van der Waals surface area contributed by atoms with Crippen LogP contribution in [-0.2, 0) is 11.3 Å². The van der Waals surface area contributed by atoms with Crippen molar-refractivity contribution in [2.75, 3.05) is 38.3 Å². The molecule has 0 radical (unpaired) electrons. The Labute approximate surface area is 217 Å². The second-order valence-corrected chi connectivity index (χ2v) is 9.44. The minimum Gasteiger partial charge on any atom is -0.493 e. The Bertz CT molecular complexity index is 1130. The Morgan fingerprint density at radius 3 is 2.52 bits per heavy atom. The highest BCUT2D eigenvalue weighted by Crippen LogP contribution is 2.35. The van der Waals surface area contributed by atoms with Gasteiger partial charge in [0.1, 0.15) is 6.61 Å². The largest absolute Gasteiger partial charge is 0.493 e. The third kappa shape index (κ3) is 6.32. The van der Waals surface area contributed by atoms with Gasteiger partial charge in [-0.05, 0) is 76.7 Å².